The van der Waals surface area contributed by atoms with Crippen LogP contribution in [0.2, 0.25) is 0 Å². The van der Waals surface area contributed by atoms with Gasteiger partial charge in [0.05, 0.1) is 6.10 Å². The number of piperidine rings is 1. The zero-order chi connectivity index (χ0) is 17.6. The summed E-state index contributed by atoms with van der Waals surface area (Å²) in [6.07, 6.45) is 11.5. The largest absolute Gasteiger partial charge is 0.377 e. The normalized spacial score (nSPS) is 26.1. The highest BCUT2D eigenvalue weighted by atomic mass is 16.5. The number of benzene rings is 1. The average Bonchev–Trinajstić information content (AvgIpc) is 3.37. The summed E-state index contributed by atoms with van der Waals surface area (Å²) in [7, 11) is 0. The van der Waals surface area contributed by atoms with Gasteiger partial charge in [-0.25, -0.2) is 0 Å². The van der Waals surface area contributed by atoms with E-state index in [9.17, 15) is 0 Å². The quantitative estimate of drug-likeness (QED) is 0.723. The molecule has 0 aromatic heterocycles. The fourth-order valence-electron chi connectivity index (χ4n) is 5.26. The van der Waals surface area contributed by atoms with E-state index < -0.39 is 0 Å². The van der Waals surface area contributed by atoms with Crippen LogP contribution in [0, 0.1) is 5.92 Å². The Balaban J connectivity index is 1.30. The molecule has 0 spiro atoms. The summed E-state index contributed by atoms with van der Waals surface area (Å²) in [5.41, 5.74) is 1.44. The number of hydrogen-bond acceptors (Lipinski definition) is 3. The van der Waals surface area contributed by atoms with E-state index in [1.54, 1.807) is 0 Å². The Morgan fingerprint density at radius 3 is 2.35 bits per heavy atom. The molecule has 3 fully saturated rings. The molecule has 1 aromatic carbocycles. The van der Waals surface area contributed by atoms with Crippen molar-refractivity contribution in [3.63, 3.8) is 0 Å². The van der Waals surface area contributed by atoms with Crippen molar-refractivity contribution in [1.82, 2.24) is 9.80 Å². The molecule has 26 heavy (non-hydrogen) atoms. The molecule has 1 saturated carbocycles. The smallest absolute Gasteiger partial charge is 0.0702 e. The number of nitrogens with zero attached hydrogens (tertiary/aromatic N) is 2. The molecule has 0 radical (unpaired) electrons. The third-order valence-electron chi connectivity index (χ3n) is 6.74. The summed E-state index contributed by atoms with van der Waals surface area (Å²) >= 11 is 0. The topological polar surface area (TPSA) is 15.7 Å². The highest BCUT2D eigenvalue weighted by Gasteiger charge is 2.28. The van der Waals surface area contributed by atoms with Crippen LogP contribution in [0.5, 0.6) is 0 Å². The molecule has 3 heteroatoms. The third kappa shape index (κ3) is 5.09. The fourth-order valence-corrected chi connectivity index (χ4v) is 5.26. The summed E-state index contributed by atoms with van der Waals surface area (Å²) in [5, 5.41) is 0. The maximum atomic E-state index is 5.94. The van der Waals surface area contributed by atoms with Crippen molar-refractivity contribution >= 4 is 0 Å². The minimum atomic E-state index is 0.456. The van der Waals surface area contributed by atoms with Gasteiger partial charge in [0.15, 0.2) is 0 Å². The molecule has 0 amide bonds. The van der Waals surface area contributed by atoms with Gasteiger partial charge in [-0.15, -0.1) is 0 Å². The zero-order valence-electron chi connectivity index (χ0n) is 16.3. The molecule has 3 aliphatic rings. The van der Waals surface area contributed by atoms with E-state index in [1.807, 2.05) is 0 Å². The van der Waals surface area contributed by atoms with Gasteiger partial charge in [-0.05, 0) is 63.1 Å². The average molecular weight is 357 g/mol. The fraction of sp³-hybridized carbons (Fsp3) is 0.739. The van der Waals surface area contributed by atoms with E-state index in [4.69, 9.17) is 4.74 Å². The molecule has 3 nitrogen and oxygen atoms in total. The predicted octanol–water partition coefficient (Wildman–Crippen LogP) is 4.32. The Morgan fingerprint density at radius 2 is 1.65 bits per heavy atom. The molecular formula is C23H36N2O. The lowest BCUT2D eigenvalue weighted by Crippen LogP contribution is -2.43. The molecule has 4 rings (SSSR count). The van der Waals surface area contributed by atoms with Crippen molar-refractivity contribution in [2.75, 3.05) is 32.8 Å². The summed E-state index contributed by atoms with van der Waals surface area (Å²) in [6.45, 7) is 7.04. The highest BCUT2D eigenvalue weighted by Crippen LogP contribution is 2.28. The van der Waals surface area contributed by atoms with Gasteiger partial charge < -0.3 is 9.64 Å². The van der Waals surface area contributed by atoms with Crippen LogP contribution in [-0.2, 0) is 11.3 Å². The molecule has 1 aliphatic carbocycles. The second kappa shape index (κ2) is 9.34. The summed E-state index contributed by atoms with van der Waals surface area (Å²) in [4.78, 5) is 5.48. The summed E-state index contributed by atoms with van der Waals surface area (Å²) in [6, 6.07) is 11.9. The number of likely N-dealkylation sites (tertiary alicyclic amines) is 1. The number of hydrogen-bond donors (Lipinski definition) is 0. The van der Waals surface area contributed by atoms with Gasteiger partial charge in [-0.3, -0.25) is 4.90 Å². The Hall–Kier alpha value is -0.900. The van der Waals surface area contributed by atoms with Crippen LogP contribution in [0.15, 0.2) is 30.3 Å². The molecule has 2 aliphatic heterocycles. The molecule has 0 N–H and O–H groups in total. The van der Waals surface area contributed by atoms with Gasteiger partial charge in [0.25, 0.3) is 0 Å². The van der Waals surface area contributed by atoms with Crippen molar-refractivity contribution in [2.45, 2.75) is 70.1 Å². The van der Waals surface area contributed by atoms with Crippen LogP contribution < -0.4 is 0 Å². The first-order valence-electron chi connectivity index (χ1n) is 11.0. The van der Waals surface area contributed by atoms with Crippen molar-refractivity contribution in [2.24, 2.45) is 5.92 Å². The van der Waals surface area contributed by atoms with E-state index in [0.717, 1.165) is 31.7 Å². The number of rotatable bonds is 7. The molecule has 144 valence electrons. The summed E-state index contributed by atoms with van der Waals surface area (Å²) in [5.74, 6) is 0.859. The van der Waals surface area contributed by atoms with Crippen LogP contribution in [0.4, 0.5) is 0 Å². The van der Waals surface area contributed by atoms with Crippen molar-refractivity contribution in [3.8, 4) is 0 Å². The van der Waals surface area contributed by atoms with E-state index in [0.29, 0.717) is 6.10 Å². The monoisotopic (exact) mass is 356 g/mol. The molecule has 0 bridgehead atoms. The van der Waals surface area contributed by atoms with Crippen LogP contribution >= 0.6 is 0 Å². The van der Waals surface area contributed by atoms with Gasteiger partial charge in [-0.1, -0.05) is 43.2 Å². The highest BCUT2D eigenvalue weighted by molar-refractivity contribution is 5.14. The van der Waals surface area contributed by atoms with Gasteiger partial charge in [0, 0.05) is 32.3 Å². The Bertz CT molecular complexity index is 514. The maximum Gasteiger partial charge on any atom is 0.0702 e. The molecule has 1 unspecified atom stereocenters. The predicted molar refractivity (Wildman–Crippen MR) is 107 cm³/mol. The van der Waals surface area contributed by atoms with Crippen LogP contribution in [-0.4, -0.2) is 54.7 Å². The van der Waals surface area contributed by atoms with E-state index in [-0.39, 0.29) is 0 Å². The first kappa shape index (κ1) is 18.5. The zero-order valence-corrected chi connectivity index (χ0v) is 16.3. The molecule has 2 heterocycles. The Labute approximate surface area is 159 Å². The minimum absolute atomic E-state index is 0.456. The van der Waals surface area contributed by atoms with E-state index in [1.165, 1.54) is 76.6 Å². The number of ether oxygens (including phenoxy) is 1. The Kier molecular flexibility index (Phi) is 6.63. The van der Waals surface area contributed by atoms with Gasteiger partial charge in [0.2, 0.25) is 0 Å². The molecule has 2 saturated heterocycles. The third-order valence-corrected chi connectivity index (χ3v) is 6.74. The van der Waals surface area contributed by atoms with Crippen molar-refractivity contribution < 1.29 is 4.74 Å². The van der Waals surface area contributed by atoms with Gasteiger partial charge in [0.1, 0.15) is 0 Å². The lowest BCUT2D eigenvalue weighted by atomic mass is 9.94. The second-order valence-corrected chi connectivity index (χ2v) is 8.73. The van der Waals surface area contributed by atoms with E-state index >= 15 is 0 Å². The first-order chi connectivity index (χ1) is 12.9. The van der Waals surface area contributed by atoms with Crippen LogP contribution in [0.1, 0.15) is 56.9 Å². The summed E-state index contributed by atoms with van der Waals surface area (Å²) < 4.78 is 5.94. The molecular weight excluding hydrogens is 320 g/mol. The van der Waals surface area contributed by atoms with Crippen molar-refractivity contribution in [3.05, 3.63) is 35.9 Å². The van der Waals surface area contributed by atoms with Gasteiger partial charge >= 0.3 is 0 Å². The van der Waals surface area contributed by atoms with Crippen LogP contribution in [0.3, 0.4) is 0 Å². The first-order valence-corrected chi connectivity index (χ1v) is 11.0. The Morgan fingerprint density at radius 1 is 0.885 bits per heavy atom. The minimum Gasteiger partial charge on any atom is -0.377 e. The molecule has 1 aromatic rings. The lowest BCUT2D eigenvalue weighted by molar-refractivity contribution is 0.0540. The lowest BCUT2D eigenvalue weighted by Gasteiger charge is -2.38. The van der Waals surface area contributed by atoms with Crippen molar-refractivity contribution in [1.29, 1.82) is 0 Å². The second-order valence-electron chi connectivity index (χ2n) is 8.73. The standard InChI is InChI=1S/C23H36N2O/c1-2-7-20(8-3-1)17-24(19-23-11-6-16-26-23)18-21-12-14-25(15-13-21)22-9-4-5-10-22/h1-3,7-8,21-23H,4-6,9-19H2. The van der Waals surface area contributed by atoms with Crippen LogP contribution in [0.25, 0.3) is 0 Å². The van der Waals surface area contributed by atoms with Gasteiger partial charge in [-0.2, -0.15) is 0 Å². The maximum absolute atomic E-state index is 5.94. The van der Waals surface area contributed by atoms with E-state index in [2.05, 4.69) is 40.1 Å². The SMILES string of the molecule is c1ccc(CN(CC2CCN(C3CCCC3)CC2)CC2CCCO2)cc1. The molecule has 1 atom stereocenters.